The minimum Gasteiger partial charge on any atom is -0.357 e. The van der Waals surface area contributed by atoms with Gasteiger partial charge >= 0.3 is 0 Å². The van der Waals surface area contributed by atoms with Crippen molar-refractivity contribution in [3.05, 3.63) is 69.6 Å². The Morgan fingerprint density at radius 1 is 1.09 bits per heavy atom. The maximum absolute atomic E-state index is 12.3. The van der Waals surface area contributed by atoms with Gasteiger partial charge in [-0.3, -0.25) is 14.4 Å². The number of carbonyl (C=O) groups is 2. The number of aromatic amines is 1. The van der Waals surface area contributed by atoms with Crippen LogP contribution in [-0.4, -0.2) is 23.8 Å². The molecule has 22 heavy (non-hydrogen) atoms. The van der Waals surface area contributed by atoms with E-state index in [0.717, 1.165) is 0 Å². The SMILES string of the molecule is CNC(=O)[C@@H](NC(=O)c1ccc(C)[nH]c1=O)c1ccccc1. The fraction of sp³-hybridized carbons (Fsp3) is 0.188. The molecule has 0 aliphatic carbocycles. The van der Waals surface area contributed by atoms with Crippen LogP contribution in [0.3, 0.4) is 0 Å². The topological polar surface area (TPSA) is 91.1 Å². The van der Waals surface area contributed by atoms with Crippen LogP contribution >= 0.6 is 0 Å². The van der Waals surface area contributed by atoms with E-state index in [1.54, 1.807) is 37.3 Å². The highest BCUT2D eigenvalue weighted by Crippen LogP contribution is 2.13. The molecule has 0 saturated heterocycles. The maximum atomic E-state index is 12.3. The van der Waals surface area contributed by atoms with E-state index >= 15 is 0 Å². The molecule has 0 aliphatic heterocycles. The highest BCUT2D eigenvalue weighted by molar-refractivity contribution is 5.97. The maximum Gasteiger partial charge on any atom is 0.260 e. The molecule has 1 atom stereocenters. The standard InChI is InChI=1S/C16H17N3O3/c1-10-8-9-12(14(20)18-10)15(21)19-13(16(22)17-2)11-6-4-3-5-7-11/h3-9,13H,1-2H3,(H,17,22)(H,18,20)(H,19,21)/t13-/m0/s1. The van der Waals surface area contributed by atoms with Crippen LogP contribution in [0.15, 0.2) is 47.3 Å². The van der Waals surface area contributed by atoms with Gasteiger partial charge in [-0.15, -0.1) is 0 Å². The monoisotopic (exact) mass is 299 g/mol. The lowest BCUT2D eigenvalue weighted by Crippen LogP contribution is -2.40. The van der Waals surface area contributed by atoms with Crippen LogP contribution in [-0.2, 0) is 4.79 Å². The first kappa shape index (κ1) is 15.5. The molecule has 114 valence electrons. The van der Waals surface area contributed by atoms with Crippen LogP contribution in [0, 0.1) is 6.92 Å². The van der Waals surface area contributed by atoms with Crippen molar-refractivity contribution in [2.24, 2.45) is 0 Å². The Morgan fingerprint density at radius 3 is 2.36 bits per heavy atom. The molecule has 0 fully saturated rings. The summed E-state index contributed by atoms with van der Waals surface area (Å²) in [5.74, 6) is -0.957. The molecule has 0 unspecified atom stereocenters. The summed E-state index contributed by atoms with van der Waals surface area (Å²) in [6.45, 7) is 1.72. The Labute approximate surface area is 127 Å². The second-order valence-corrected chi connectivity index (χ2v) is 4.82. The number of benzene rings is 1. The number of amides is 2. The van der Waals surface area contributed by atoms with Gasteiger partial charge in [0.1, 0.15) is 11.6 Å². The summed E-state index contributed by atoms with van der Waals surface area (Å²) in [5, 5.41) is 5.09. The van der Waals surface area contributed by atoms with E-state index in [4.69, 9.17) is 0 Å². The van der Waals surface area contributed by atoms with Gasteiger partial charge in [-0.2, -0.15) is 0 Å². The lowest BCUT2D eigenvalue weighted by Gasteiger charge is -2.17. The number of nitrogens with one attached hydrogen (secondary N) is 3. The quantitative estimate of drug-likeness (QED) is 0.783. The Morgan fingerprint density at radius 2 is 1.77 bits per heavy atom. The number of carbonyl (C=O) groups excluding carboxylic acids is 2. The van der Waals surface area contributed by atoms with E-state index in [1.165, 1.54) is 13.1 Å². The molecule has 2 aromatic rings. The summed E-state index contributed by atoms with van der Waals surface area (Å²) in [6.07, 6.45) is 0. The van der Waals surface area contributed by atoms with Gasteiger partial charge in [0.25, 0.3) is 11.5 Å². The Balaban J connectivity index is 2.29. The van der Waals surface area contributed by atoms with Crippen molar-refractivity contribution in [1.29, 1.82) is 0 Å². The number of hydrogen-bond donors (Lipinski definition) is 3. The molecule has 0 radical (unpaired) electrons. The van der Waals surface area contributed by atoms with Crippen molar-refractivity contribution in [2.75, 3.05) is 7.05 Å². The zero-order chi connectivity index (χ0) is 16.1. The molecule has 0 spiro atoms. The van der Waals surface area contributed by atoms with Crippen molar-refractivity contribution < 1.29 is 9.59 Å². The number of hydrogen-bond acceptors (Lipinski definition) is 3. The van der Waals surface area contributed by atoms with Crippen LogP contribution in [0.1, 0.15) is 27.7 Å². The molecular formula is C16H17N3O3. The van der Waals surface area contributed by atoms with Gasteiger partial charge in [0, 0.05) is 12.7 Å². The molecule has 2 amide bonds. The first-order chi connectivity index (χ1) is 10.5. The summed E-state index contributed by atoms with van der Waals surface area (Å²) in [6, 6.07) is 11.0. The van der Waals surface area contributed by atoms with Crippen molar-refractivity contribution in [2.45, 2.75) is 13.0 Å². The third-order valence-corrected chi connectivity index (χ3v) is 3.22. The number of H-pyrrole nitrogens is 1. The third kappa shape index (κ3) is 3.41. The summed E-state index contributed by atoms with van der Waals surface area (Å²) in [5.41, 5.74) is 0.780. The van der Waals surface area contributed by atoms with Crippen molar-refractivity contribution >= 4 is 11.8 Å². The lowest BCUT2D eigenvalue weighted by molar-refractivity contribution is -0.122. The zero-order valence-electron chi connectivity index (χ0n) is 12.3. The van der Waals surface area contributed by atoms with Crippen molar-refractivity contribution in [3.63, 3.8) is 0 Å². The van der Waals surface area contributed by atoms with E-state index in [9.17, 15) is 14.4 Å². The molecule has 1 aromatic carbocycles. The smallest absolute Gasteiger partial charge is 0.260 e. The predicted molar refractivity (Wildman–Crippen MR) is 82.5 cm³/mol. The van der Waals surface area contributed by atoms with Gasteiger partial charge in [0.15, 0.2) is 0 Å². The van der Waals surface area contributed by atoms with E-state index < -0.39 is 17.5 Å². The van der Waals surface area contributed by atoms with Gasteiger partial charge in [0.05, 0.1) is 0 Å². The molecule has 6 heteroatoms. The number of rotatable bonds is 4. The van der Waals surface area contributed by atoms with Gasteiger partial charge in [-0.05, 0) is 24.6 Å². The molecule has 3 N–H and O–H groups in total. The molecule has 2 rings (SSSR count). The largest absolute Gasteiger partial charge is 0.357 e. The molecule has 0 bridgehead atoms. The van der Waals surface area contributed by atoms with Crippen molar-refractivity contribution in [1.82, 2.24) is 15.6 Å². The second-order valence-electron chi connectivity index (χ2n) is 4.82. The Bertz CT molecular complexity index is 738. The van der Waals surface area contributed by atoms with Crippen LogP contribution < -0.4 is 16.2 Å². The highest BCUT2D eigenvalue weighted by Gasteiger charge is 2.23. The molecule has 1 heterocycles. The Hall–Kier alpha value is -2.89. The average Bonchev–Trinajstić information content (AvgIpc) is 2.52. The summed E-state index contributed by atoms with van der Waals surface area (Å²) < 4.78 is 0. The first-order valence-corrected chi connectivity index (χ1v) is 6.80. The molecule has 1 aromatic heterocycles. The summed E-state index contributed by atoms with van der Waals surface area (Å²) >= 11 is 0. The van der Waals surface area contributed by atoms with Gasteiger partial charge < -0.3 is 15.6 Å². The predicted octanol–water partition coefficient (Wildman–Crippen LogP) is 0.900. The number of aryl methyl sites for hydroxylation is 1. The minimum atomic E-state index is -0.862. The van der Waals surface area contributed by atoms with E-state index in [1.807, 2.05) is 6.07 Å². The minimum absolute atomic E-state index is 0.0320. The average molecular weight is 299 g/mol. The highest BCUT2D eigenvalue weighted by atomic mass is 16.2. The Kier molecular flexibility index (Phi) is 4.73. The van der Waals surface area contributed by atoms with E-state index in [2.05, 4.69) is 15.6 Å². The normalized spacial score (nSPS) is 11.5. The molecule has 6 nitrogen and oxygen atoms in total. The van der Waals surface area contributed by atoms with Crippen LogP contribution in [0.5, 0.6) is 0 Å². The van der Waals surface area contributed by atoms with Crippen LogP contribution in [0.25, 0.3) is 0 Å². The van der Waals surface area contributed by atoms with E-state index in [-0.39, 0.29) is 11.5 Å². The molecule has 0 aliphatic rings. The number of aromatic nitrogens is 1. The van der Waals surface area contributed by atoms with Crippen LogP contribution in [0.4, 0.5) is 0 Å². The third-order valence-electron chi connectivity index (χ3n) is 3.22. The first-order valence-electron chi connectivity index (χ1n) is 6.80. The number of pyridine rings is 1. The van der Waals surface area contributed by atoms with E-state index in [0.29, 0.717) is 11.3 Å². The number of likely N-dealkylation sites (N-methyl/N-ethyl adjacent to an activating group) is 1. The summed E-state index contributed by atoms with van der Waals surface area (Å²) in [4.78, 5) is 38.7. The summed E-state index contributed by atoms with van der Waals surface area (Å²) in [7, 11) is 1.49. The second kappa shape index (κ2) is 6.71. The van der Waals surface area contributed by atoms with Crippen molar-refractivity contribution in [3.8, 4) is 0 Å². The van der Waals surface area contributed by atoms with Gasteiger partial charge in [-0.1, -0.05) is 30.3 Å². The van der Waals surface area contributed by atoms with Crippen LogP contribution in [0.2, 0.25) is 0 Å². The fourth-order valence-corrected chi connectivity index (χ4v) is 2.05. The van der Waals surface area contributed by atoms with Gasteiger partial charge in [0.2, 0.25) is 5.91 Å². The molecule has 0 saturated carbocycles. The molecular weight excluding hydrogens is 282 g/mol. The lowest BCUT2D eigenvalue weighted by atomic mass is 10.1. The van der Waals surface area contributed by atoms with Gasteiger partial charge in [-0.25, -0.2) is 0 Å². The fourth-order valence-electron chi connectivity index (χ4n) is 2.05. The zero-order valence-corrected chi connectivity index (χ0v) is 12.3.